The lowest BCUT2D eigenvalue weighted by Gasteiger charge is -2.06. The SMILES string of the molecule is NC(=O)Cc1nc(-c2ccc(F)cc2)cn1-c1ccc(F)cc1. The van der Waals surface area contributed by atoms with E-state index in [-0.39, 0.29) is 18.1 Å². The van der Waals surface area contributed by atoms with Crippen molar-refractivity contribution < 1.29 is 13.6 Å². The summed E-state index contributed by atoms with van der Waals surface area (Å²) in [5.74, 6) is -0.791. The summed E-state index contributed by atoms with van der Waals surface area (Å²) in [6.07, 6.45) is 1.65. The maximum Gasteiger partial charge on any atom is 0.225 e. The van der Waals surface area contributed by atoms with E-state index in [9.17, 15) is 13.6 Å². The third-order valence-electron chi connectivity index (χ3n) is 3.36. The van der Waals surface area contributed by atoms with Gasteiger partial charge in [-0.15, -0.1) is 0 Å². The van der Waals surface area contributed by atoms with Crippen molar-refractivity contribution >= 4 is 5.91 Å². The minimum atomic E-state index is -0.524. The van der Waals surface area contributed by atoms with Crippen molar-refractivity contribution in [3.63, 3.8) is 0 Å². The highest BCUT2D eigenvalue weighted by molar-refractivity contribution is 5.76. The Balaban J connectivity index is 2.08. The van der Waals surface area contributed by atoms with E-state index in [4.69, 9.17) is 5.73 Å². The van der Waals surface area contributed by atoms with Crippen LogP contribution in [0.3, 0.4) is 0 Å². The van der Waals surface area contributed by atoms with Gasteiger partial charge in [-0.25, -0.2) is 13.8 Å². The zero-order valence-electron chi connectivity index (χ0n) is 12.0. The van der Waals surface area contributed by atoms with Gasteiger partial charge in [-0.3, -0.25) is 4.79 Å². The number of nitrogens with two attached hydrogens (primary N) is 1. The lowest BCUT2D eigenvalue weighted by Crippen LogP contribution is -2.16. The van der Waals surface area contributed by atoms with Crippen molar-refractivity contribution in [2.75, 3.05) is 0 Å². The third-order valence-corrected chi connectivity index (χ3v) is 3.36. The Hall–Kier alpha value is -3.02. The van der Waals surface area contributed by atoms with E-state index in [0.717, 1.165) is 0 Å². The summed E-state index contributed by atoms with van der Waals surface area (Å²) in [7, 11) is 0. The number of halogens is 2. The topological polar surface area (TPSA) is 60.9 Å². The van der Waals surface area contributed by atoms with Crippen LogP contribution in [0, 0.1) is 11.6 Å². The quantitative estimate of drug-likeness (QED) is 0.805. The number of hydrogen-bond donors (Lipinski definition) is 1. The second-order valence-corrected chi connectivity index (χ2v) is 5.04. The molecule has 0 bridgehead atoms. The van der Waals surface area contributed by atoms with Gasteiger partial charge in [-0.05, 0) is 48.5 Å². The van der Waals surface area contributed by atoms with Crippen molar-refractivity contribution in [3.8, 4) is 16.9 Å². The first-order chi connectivity index (χ1) is 11.0. The van der Waals surface area contributed by atoms with E-state index >= 15 is 0 Å². The molecule has 0 aliphatic carbocycles. The molecule has 1 aromatic heterocycles. The van der Waals surface area contributed by atoms with Gasteiger partial charge < -0.3 is 10.3 Å². The highest BCUT2D eigenvalue weighted by atomic mass is 19.1. The molecule has 1 amide bonds. The summed E-state index contributed by atoms with van der Waals surface area (Å²) >= 11 is 0. The lowest BCUT2D eigenvalue weighted by atomic mass is 10.2. The summed E-state index contributed by atoms with van der Waals surface area (Å²) in [6, 6.07) is 11.7. The fraction of sp³-hybridized carbons (Fsp3) is 0.0588. The molecule has 4 nitrogen and oxygen atoms in total. The number of nitrogens with zero attached hydrogens (tertiary/aromatic N) is 2. The van der Waals surface area contributed by atoms with E-state index in [2.05, 4.69) is 4.98 Å². The zero-order valence-corrected chi connectivity index (χ0v) is 12.0. The smallest absolute Gasteiger partial charge is 0.225 e. The highest BCUT2D eigenvalue weighted by Crippen LogP contribution is 2.22. The molecule has 3 aromatic rings. The number of primary amides is 1. The number of imidazole rings is 1. The molecule has 116 valence electrons. The average Bonchev–Trinajstić information content (AvgIpc) is 2.92. The fourth-order valence-electron chi connectivity index (χ4n) is 2.28. The largest absolute Gasteiger partial charge is 0.369 e. The number of rotatable bonds is 4. The molecule has 0 aliphatic heterocycles. The Labute approximate surface area is 131 Å². The van der Waals surface area contributed by atoms with Crippen LogP contribution < -0.4 is 5.73 Å². The normalized spacial score (nSPS) is 10.7. The summed E-state index contributed by atoms with van der Waals surface area (Å²) in [5.41, 5.74) is 7.20. The van der Waals surface area contributed by atoms with Gasteiger partial charge in [0.1, 0.15) is 17.5 Å². The first-order valence-electron chi connectivity index (χ1n) is 6.91. The second kappa shape index (κ2) is 6.00. The maximum atomic E-state index is 13.1. The van der Waals surface area contributed by atoms with Crippen LogP contribution in [0.1, 0.15) is 5.82 Å². The van der Waals surface area contributed by atoms with Crippen molar-refractivity contribution in [2.45, 2.75) is 6.42 Å². The Morgan fingerprint density at radius 2 is 1.57 bits per heavy atom. The second-order valence-electron chi connectivity index (χ2n) is 5.04. The van der Waals surface area contributed by atoms with Crippen LogP contribution in [0.15, 0.2) is 54.7 Å². The van der Waals surface area contributed by atoms with Crippen LogP contribution in [0.25, 0.3) is 16.9 Å². The molecule has 0 saturated carbocycles. The number of carbonyl (C=O) groups excluding carboxylic acids is 1. The standard InChI is InChI=1S/C17H13F2N3O/c18-12-3-1-11(2-4-12)15-10-22(17(21-15)9-16(20)23)14-7-5-13(19)6-8-14/h1-8,10H,9H2,(H2,20,23). The Morgan fingerprint density at radius 1 is 1.00 bits per heavy atom. The van der Waals surface area contributed by atoms with Gasteiger partial charge in [0.2, 0.25) is 5.91 Å². The predicted molar refractivity (Wildman–Crippen MR) is 81.8 cm³/mol. The molecule has 23 heavy (non-hydrogen) atoms. The summed E-state index contributed by atoms with van der Waals surface area (Å²) < 4.78 is 27.8. The van der Waals surface area contributed by atoms with Crippen LogP contribution in [0.4, 0.5) is 8.78 Å². The number of amides is 1. The Bertz CT molecular complexity index is 839. The molecule has 0 saturated heterocycles. The zero-order chi connectivity index (χ0) is 16.4. The van der Waals surface area contributed by atoms with Crippen molar-refractivity contribution in [2.24, 2.45) is 5.73 Å². The number of hydrogen-bond acceptors (Lipinski definition) is 2. The molecule has 0 unspecified atom stereocenters. The molecule has 0 atom stereocenters. The number of carbonyl (C=O) groups is 1. The van der Waals surface area contributed by atoms with Crippen LogP contribution in [0.5, 0.6) is 0 Å². The van der Waals surface area contributed by atoms with E-state index in [0.29, 0.717) is 22.8 Å². The van der Waals surface area contributed by atoms with Gasteiger partial charge in [0, 0.05) is 17.4 Å². The van der Waals surface area contributed by atoms with Crippen LogP contribution >= 0.6 is 0 Å². The first kappa shape index (κ1) is 14.9. The van der Waals surface area contributed by atoms with Gasteiger partial charge in [0.25, 0.3) is 0 Å². The molecule has 0 fully saturated rings. The summed E-state index contributed by atoms with van der Waals surface area (Å²) in [5, 5.41) is 0. The summed E-state index contributed by atoms with van der Waals surface area (Å²) in [4.78, 5) is 15.7. The minimum absolute atomic E-state index is 0.0570. The van der Waals surface area contributed by atoms with Gasteiger partial charge in [-0.2, -0.15) is 0 Å². The average molecular weight is 313 g/mol. The molecular formula is C17H13F2N3O. The fourth-order valence-corrected chi connectivity index (χ4v) is 2.28. The van der Waals surface area contributed by atoms with Gasteiger partial charge in [0.05, 0.1) is 12.1 Å². The van der Waals surface area contributed by atoms with Crippen LogP contribution in [-0.2, 0) is 11.2 Å². The van der Waals surface area contributed by atoms with Gasteiger partial charge in [0.15, 0.2) is 0 Å². The molecule has 0 aliphatic rings. The first-order valence-corrected chi connectivity index (χ1v) is 6.91. The van der Waals surface area contributed by atoms with Crippen LogP contribution in [-0.4, -0.2) is 15.5 Å². The molecule has 3 rings (SSSR count). The molecule has 2 N–H and O–H groups in total. The van der Waals surface area contributed by atoms with E-state index in [1.54, 1.807) is 35.0 Å². The molecule has 2 aromatic carbocycles. The van der Waals surface area contributed by atoms with Crippen molar-refractivity contribution in [3.05, 3.63) is 72.2 Å². The van der Waals surface area contributed by atoms with Gasteiger partial charge >= 0.3 is 0 Å². The number of benzene rings is 2. The lowest BCUT2D eigenvalue weighted by molar-refractivity contribution is -0.117. The Kier molecular flexibility index (Phi) is 3.89. The molecule has 0 spiro atoms. The molecule has 1 heterocycles. The molecular weight excluding hydrogens is 300 g/mol. The van der Waals surface area contributed by atoms with Crippen molar-refractivity contribution in [1.82, 2.24) is 9.55 Å². The maximum absolute atomic E-state index is 13.1. The van der Waals surface area contributed by atoms with Crippen LogP contribution in [0.2, 0.25) is 0 Å². The summed E-state index contributed by atoms with van der Waals surface area (Å²) in [6.45, 7) is 0. The number of aromatic nitrogens is 2. The molecule has 0 radical (unpaired) electrons. The molecule has 6 heteroatoms. The Morgan fingerprint density at radius 3 is 2.13 bits per heavy atom. The van der Waals surface area contributed by atoms with Crippen molar-refractivity contribution in [1.29, 1.82) is 0 Å². The minimum Gasteiger partial charge on any atom is -0.369 e. The highest BCUT2D eigenvalue weighted by Gasteiger charge is 2.13. The monoisotopic (exact) mass is 313 g/mol. The third kappa shape index (κ3) is 3.26. The predicted octanol–water partition coefficient (Wildman–Crippen LogP) is 2.85. The van der Waals surface area contributed by atoms with E-state index < -0.39 is 5.91 Å². The van der Waals surface area contributed by atoms with Gasteiger partial charge in [-0.1, -0.05) is 0 Å². The van der Waals surface area contributed by atoms with E-state index in [1.807, 2.05) is 0 Å². The van der Waals surface area contributed by atoms with E-state index in [1.165, 1.54) is 24.3 Å².